The number of carbonyl (C=O) groups is 1. The van der Waals surface area contributed by atoms with E-state index in [4.69, 9.17) is 15.6 Å². The quantitative estimate of drug-likeness (QED) is 0.181. The van der Waals surface area contributed by atoms with Gasteiger partial charge in [-0.25, -0.2) is 4.98 Å². The maximum Gasteiger partial charge on any atom is 1.00 e. The van der Waals surface area contributed by atoms with Crippen LogP contribution in [0.3, 0.4) is 0 Å². The third-order valence-corrected chi connectivity index (χ3v) is 2.48. The number of rotatable bonds is 5. The van der Waals surface area contributed by atoms with E-state index in [-0.39, 0.29) is 76.1 Å². The number of amides is 1. The van der Waals surface area contributed by atoms with Gasteiger partial charge in [-0.2, -0.15) is 0 Å². The Morgan fingerprint density at radius 1 is 1.53 bits per heavy atom. The normalized spacial score (nSPS) is 22.8. The van der Waals surface area contributed by atoms with Gasteiger partial charge in [-0.1, -0.05) is 0 Å². The molecule has 2 heterocycles. The number of aliphatic hydroxyl groups excluding tert-OH is 2. The van der Waals surface area contributed by atoms with Gasteiger partial charge in [0.25, 0.3) is 5.91 Å². The first kappa shape index (κ1) is 17.0. The molecule has 100 valence electrons. The zero-order valence-corrected chi connectivity index (χ0v) is 13.6. The Hall–Kier alpha value is -0.0436. The summed E-state index contributed by atoms with van der Waals surface area (Å²) in [6.07, 6.45) is 0.217. The predicted octanol–water partition coefficient (Wildman–Crippen LogP) is -5.10. The van der Waals surface area contributed by atoms with Crippen molar-refractivity contribution < 1.29 is 71.1 Å². The van der Waals surface area contributed by atoms with E-state index in [0.717, 1.165) is 0 Å². The third kappa shape index (κ3) is 3.74. The second kappa shape index (κ2) is 7.10. The molecular formula is C9H15KN5O4+. The minimum absolute atomic E-state index is 0. The number of nitrogens with two attached hydrogens (primary N) is 1. The van der Waals surface area contributed by atoms with Crippen LogP contribution >= 0.6 is 0 Å². The molecule has 0 saturated heterocycles. The average Bonchev–Trinajstić information content (AvgIpc) is 2.77. The van der Waals surface area contributed by atoms with Gasteiger partial charge in [-0.3, -0.25) is 10.5 Å². The van der Waals surface area contributed by atoms with E-state index in [2.05, 4.69) is 20.6 Å². The van der Waals surface area contributed by atoms with Crippen LogP contribution in [0.5, 0.6) is 0 Å². The number of imidazole rings is 1. The summed E-state index contributed by atoms with van der Waals surface area (Å²) in [4.78, 5) is 18.2. The van der Waals surface area contributed by atoms with Crippen molar-refractivity contribution in [3.63, 3.8) is 0 Å². The van der Waals surface area contributed by atoms with E-state index in [1.165, 1.54) is 6.33 Å². The van der Waals surface area contributed by atoms with E-state index in [9.17, 15) is 9.90 Å². The van der Waals surface area contributed by atoms with Crippen LogP contribution in [0.4, 0.5) is 5.82 Å². The van der Waals surface area contributed by atoms with Crippen LogP contribution in [0.15, 0.2) is 6.33 Å². The Kier molecular flexibility index (Phi) is 6.36. The molecule has 0 aliphatic carbocycles. The van der Waals surface area contributed by atoms with E-state index in [1.807, 2.05) is 0 Å². The number of aromatic nitrogens is 2. The zero-order chi connectivity index (χ0) is 13.2. The van der Waals surface area contributed by atoms with Crippen LogP contribution < -0.4 is 67.8 Å². The first-order valence-electron chi connectivity index (χ1n) is 5.40. The number of carbonyl (C=O) groups excluding carboxylic acids is 1. The van der Waals surface area contributed by atoms with Crippen molar-refractivity contribution in [2.45, 2.75) is 18.5 Å². The van der Waals surface area contributed by atoms with Gasteiger partial charge in [0.05, 0.1) is 12.9 Å². The largest absolute Gasteiger partial charge is 1.00 e. The van der Waals surface area contributed by atoms with Gasteiger partial charge in [-0.05, 0) is 6.42 Å². The molecule has 0 radical (unpaired) electrons. The molecule has 10 heteroatoms. The Labute approximate surface area is 151 Å². The fourth-order valence-electron chi connectivity index (χ4n) is 1.55. The van der Waals surface area contributed by atoms with Gasteiger partial charge < -0.3 is 30.6 Å². The number of anilines is 1. The van der Waals surface area contributed by atoms with Crippen LogP contribution in [-0.4, -0.2) is 51.4 Å². The molecular weight excluding hydrogens is 281 g/mol. The van der Waals surface area contributed by atoms with Gasteiger partial charge in [0.2, 0.25) is 12.1 Å². The zero-order valence-electron chi connectivity index (χ0n) is 10.5. The Morgan fingerprint density at radius 3 is 2.95 bits per heavy atom. The molecule has 0 fully saturated rings. The van der Waals surface area contributed by atoms with Crippen LogP contribution in [0, 0.1) is 0 Å². The maximum absolute atomic E-state index is 11.7. The van der Waals surface area contributed by atoms with Crippen LogP contribution in [0.1, 0.15) is 16.9 Å². The van der Waals surface area contributed by atoms with Crippen molar-refractivity contribution in [2.24, 2.45) is 5.73 Å². The molecule has 1 aromatic heterocycles. The summed E-state index contributed by atoms with van der Waals surface area (Å²) in [7, 11) is 0. The minimum atomic E-state index is -1.66. The van der Waals surface area contributed by atoms with Gasteiger partial charge in [0.15, 0.2) is 5.82 Å². The van der Waals surface area contributed by atoms with Gasteiger partial charge >= 0.3 is 51.4 Å². The monoisotopic (exact) mass is 296 g/mol. The first-order chi connectivity index (χ1) is 8.57. The average molecular weight is 296 g/mol. The number of nitrogens with zero attached hydrogens (tertiary/aromatic N) is 1. The molecule has 1 aromatic rings. The maximum atomic E-state index is 11.7. The van der Waals surface area contributed by atoms with E-state index >= 15 is 0 Å². The Morgan fingerprint density at radius 2 is 2.26 bits per heavy atom. The topological polar surface area (TPSA) is 146 Å². The van der Waals surface area contributed by atoms with Gasteiger partial charge in [0.1, 0.15) is 5.69 Å². The van der Waals surface area contributed by atoms with E-state index < -0.39 is 18.0 Å². The molecule has 1 aliphatic rings. The van der Waals surface area contributed by atoms with Crippen LogP contribution in [-0.2, 0) is 4.74 Å². The fraction of sp³-hybridized carbons (Fsp3) is 0.556. The number of aromatic amines is 1. The van der Waals surface area contributed by atoms with Gasteiger partial charge in [-0.15, -0.1) is 0 Å². The molecule has 19 heavy (non-hydrogen) atoms. The molecule has 7 N–H and O–H groups in total. The summed E-state index contributed by atoms with van der Waals surface area (Å²) >= 11 is 0. The summed E-state index contributed by atoms with van der Waals surface area (Å²) in [5, 5.41) is 23.5. The fourth-order valence-corrected chi connectivity index (χ4v) is 1.55. The van der Waals surface area contributed by atoms with E-state index in [0.29, 0.717) is 6.42 Å². The molecule has 0 aromatic carbocycles. The molecule has 1 aliphatic heterocycles. The van der Waals surface area contributed by atoms with Crippen molar-refractivity contribution in [1.82, 2.24) is 15.3 Å². The molecule has 0 spiro atoms. The molecule has 1 amide bonds. The van der Waals surface area contributed by atoms with Crippen molar-refractivity contribution in [3.8, 4) is 0 Å². The summed E-state index contributed by atoms with van der Waals surface area (Å²) in [5.41, 5.74) is 6.05. The molecule has 9 nitrogen and oxygen atoms in total. The van der Waals surface area contributed by atoms with Crippen molar-refractivity contribution >= 4 is 11.7 Å². The summed E-state index contributed by atoms with van der Waals surface area (Å²) in [6.45, 7) is 0.0508. The molecule has 2 rings (SSSR count). The van der Waals surface area contributed by atoms with Crippen molar-refractivity contribution in [3.05, 3.63) is 12.0 Å². The minimum Gasteiger partial charge on any atom is -0.396 e. The number of nitrogens with one attached hydrogen (secondary N) is 3. The number of fused-ring (bicyclic) bond motifs is 1. The summed E-state index contributed by atoms with van der Waals surface area (Å²) in [5.74, 6) is -1.91. The van der Waals surface area contributed by atoms with Crippen molar-refractivity contribution in [2.75, 3.05) is 18.5 Å². The molecule has 0 bridgehead atoms. The van der Waals surface area contributed by atoms with E-state index in [1.54, 1.807) is 0 Å². The summed E-state index contributed by atoms with van der Waals surface area (Å²) < 4.78 is 5.02. The summed E-state index contributed by atoms with van der Waals surface area (Å²) in [6, 6.07) is 0. The number of hydrogen-bond acceptors (Lipinski definition) is 7. The molecule has 2 atom stereocenters. The van der Waals surface area contributed by atoms with Crippen LogP contribution in [0.2, 0.25) is 0 Å². The molecule has 2 unspecified atom stereocenters. The third-order valence-electron chi connectivity index (χ3n) is 2.48. The molecule has 0 saturated carbocycles. The predicted molar refractivity (Wildman–Crippen MR) is 60.3 cm³/mol. The van der Waals surface area contributed by atoms with Gasteiger partial charge in [0, 0.05) is 6.61 Å². The second-order valence-corrected chi connectivity index (χ2v) is 3.87. The Bertz CT molecular complexity index is 442. The number of H-pyrrole nitrogens is 1. The SMILES string of the molecule is NC1(C(O)OCCCO)NC(=O)c2[nH]cnc2N1.[K+]. The second-order valence-electron chi connectivity index (χ2n) is 3.87. The number of aliphatic hydroxyl groups is 2. The first-order valence-corrected chi connectivity index (χ1v) is 5.40. The smallest absolute Gasteiger partial charge is 0.396 e. The van der Waals surface area contributed by atoms with Crippen LogP contribution in [0.25, 0.3) is 0 Å². The Balaban J connectivity index is 0.00000180. The number of hydrogen-bond donors (Lipinski definition) is 6. The number of ether oxygens (including phenoxy) is 1. The van der Waals surface area contributed by atoms with Crippen molar-refractivity contribution in [1.29, 1.82) is 0 Å². The standard InChI is InChI=1S/C9H15N5O4.K/c10-9(8(17)18-3-1-2-15)13-6-5(7(16)14-9)11-4-12-6;/h4,8,13,15,17H,1-3,10H2,(H,11,12)(H,14,16);/q;+1.